The molecule has 0 spiro atoms. The van der Waals surface area contributed by atoms with Gasteiger partial charge in [0, 0.05) is 17.6 Å². The van der Waals surface area contributed by atoms with Crippen LogP contribution in [-0.2, 0) is 19.1 Å². The Kier molecular flexibility index (Phi) is 3.17. The van der Waals surface area contributed by atoms with Crippen LogP contribution in [-0.4, -0.2) is 31.9 Å². The number of nitrogens with zero attached hydrogens (tertiary/aromatic N) is 1. The van der Waals surface area contributed by atoms with E-state index in [0.29, 0.717) is 12.0 Å². The summed E-state index contributed by atoms with van der Waals surface area (Å²) >= 11 is 0. The summed E-state index contributed by atoms with van der Waals surface area (Å²) in [5.74, 6) is -1.11. The van der Waals surface area contributed by atoms with E-state index in [9.17, 15) is 9.59 Å². The highest BCUT2D eigenvalue weighted by Gasteiger charge is 2.35. The lowest BCUT2D eigenvalue weighted by Crippen LogP contribution is -2.21. The summed E-state index contributed by atoms with van der Waals surface area (Å²) in [6.07, 6.45) is 2.14. The Hall–Kier alpha value is -2.69. The largest absolute Gasteiger partial charge is 0.465 e. The summed E-state index contributed by atoms with van der Waals surface area (Å²) in [6.45, 7) is 0. The number of rotatable bonds is 2. The number of carbonyl (C=O) groups is 2. The fourth-order valence-electron chi connectivity index (χ4n) is 2.61. The normalized spacial score (nSPS) is 15.7. The van der Waals surface area contributed by atoms with Gasteiger partial charge in [-0.2, -0.15) is 0 Å². The van der Waals surface area contributed by atoms with Crippen molar-refractivity contribution in [1.82, 2.24) is 0 Å². The molecule has 0 bridgehead atoms. The molecule has 0 radical (unpaired) electrons. The van der Waals surface area contributed by atoms with Gasteiger partial charge in [-0.1, -0.05) is 24.3 Å². The van der Waals surface area contributed by atoms with Crippen LogP contribution in [0.15, 0.2) is 46.5 Å². The predicted octanol–water partition coefficient (Wildman–Crippen LogP) is 2.20. The lowest BCUT2D eigenvalue weighted by Gasteiger charge is -2.17. The van der Waals surface area contributed by atoms with Crippen LogP contribution in [0.25, 0.3) is 5.57 Å². The van der Waals surface area contributed by atoms with Crippen LogP contribution in [0.5, 0.6) is 0 Å². The van der Waals surface area contributed by atoms with Gasteiger partial charge >= 0.3 is 11.9 Å². The van der Waals surface area contributed by atoms with Gasteiger partial charge in [0.25, 0.3) is 0 Å². The number of hydrogen-bond acceptors (Lipinski definition) is 5. The van der Waals surface area contributed by atoms with Gasteiger partial charge in [-0.3, -0.25) is 4.99 Å². The molecule has 1 heterocycles. The zero-order valence-electron chi connectivity index (χ0n) is 11.7. The van der Waals surface area contributed by atoms with Gasteiger partial charge < -0.3 is 9.47 Å². The summed E-state index contributed by atoms with van der Waals surface area (Å²) in [5, 5.41) is 0. The van der Waals surface area contributed by atoms with Crippen LogP contribution in [0.1, 0.15) is 12.0 Å². The smallest absolute Gasteiger partial charge is 0.339 e. The number of esters is 2. The molecule has 106 valence electrons. The molecule has 1 aromatic rings. The molecule has 0 fully saturated rings. The van der Waals surface area contributed by atoms with Crippen molar-refractivity contribution in [2.24, 2.45) is 4.99 Å². The maximum absolute atomic E-state index is 12.2. The predicted molar refractivity (Wildman–Crippen MR) is 77.2 cm³/mol. The molecule has 21 heavy (non-hydrogen) atoms. The van der Waals surface area contributed by atoms with Gasteiger partial charge in [0.05, 0.1) is 36.8 Å². The molecule has 0 amide bonds. The summed E-state index contributed by atoms with van der Waals surface area (Å²) in [4.78, 5) is 28.6. The lowest BCUT2D eigenvalue weighted by atomic mass is 9.86. The Bertz CT molecular complexity index is 740. The number of ether oxygens (including phenoxy) is 2. The molecule has 1 aromatic carbocycles. The van der Waals surface area contributed by atoms with E-state index >= 15 is 0 Å². The monoisotopic (exact) mass is 283 g/mol. The third kappa shape index (κ3) is 1.98. The lowest BCUT2D eigenvalue weighted by molar-refractivity contribution is -0.139. The van der Waals surface area contributed by atoms with Gasteiger partial charge in [-0.25, -0.2) is 9.59 Å². The molecule has 1 aliphatic heterocycles. The molecule has 3 rings (SSSR count). The van der Waals surface area contributed by atoms with E-state index in [0.717, 1.165) is 17.0 Å². The molecule has 5 nitrogen and oxygen atoms in total. The first kappa shape index (κ1) is 13.3. The van der Waals surface area contributed by atoms with Crippen molar-refractivity contribution in [2.75, 3.05) is 14.2 Å². The second kappa shape index (κ2) is 5.01. The SMILES string of the molecule is COC(=O)C1=CCC2=Nc3ccccc3C2=C1C(=O)OC. The Labute approximate surface area is 121 Å². The van der Waals surface area contributed by atoms with E-state index in [-0.39, 0.29) is 11.1 Å². The van der Waals surface area contributed by atoms with Crippen molar-refractivity contribution in [2.45, 2.75) is 6.42 Å². The number of fused-ring (bicyclic) bond motifs is 3. The highest BCUT2D eigenvalue weighted by Crippen LogP contribution is 2.42. The first-order chi connectivity index (χ1) is 10.2. The quantitative estimate of drug-likeness (QED) is 0.780. The standard InChI is InChI=1S/C16H13NO4/c1-20-15(18)10-7-8-12-13(14(10)16(19)21-2)9-5-3-4-6-11(9)17-12/h3-7H,8H2,1-2H3. The number of carbonyl (C=O) groups excluding carboxylic acids is 2. The third-order valence-corrected chi connectivity index (χ3v) is 3.53. The number of allylic oxidation sites excluding steroid dienone is 2. The maximum Gasteiger partial charge on any atom is 0.339 e. The molecule has 0 aromatic heterocycles. The van der Waals surface area contributed by atoms with Crippen molar-refractivity contribution in [3.63, 3.8) is 0 Å². The summed E-state index contributed by atoms with van der Waals surface area (Å²) in [5.41, 5.74) is 3.52. The van der Waals surface area contributed by atoms with Crippen LogP contribution >= 0.6 is 0 Å². The van der Waals surface area contributed by atoms with E-state index < -0.39 is 11.9 Å². The Morgan fingerprint density at radius 3 is 2.52 bits per heavy atom. The molecule has 5 heteroatoms. The second-order valence-corrected chi connectivity index (χ2v) is 4.63. The topological polar surface area (TPSA) is 65.0 Å². The van der Waals surface area contributed by atoms with Crippen molar-refractivity contribution < 1.29 is 19.1 Å². The van der Waals surface area contributed by atoms with Crippen molar-refractivity contribution in [3.05, 3.63) is 47.1 Å². The minimum absolute atomic E-state index is 0.222. The number of hydrogen-bond donors (Lipinski definition) is 0. The highest BCUT2D eigenvalue weighted by molar-refractivity contribution is 6.36. The molecule has 2 aliphatic rings. The molecular formula is C16H13NO4. The molecular weight excluding hydrogens is 270 g/mol. The Morgan fingerprint density at radius 2 is 1.81 bits per heavy atom. The highest BCUT2D eigenvalue weighted by atomic mass is 16.5. The summed E-state index contributed by atoms with van der Waals surface area (Å²) < 4.78 is 9.60. The Morgan fingerprint density at radius 1 is 1.10 bits per heavy atom. The average molecular weight is 283 g/mol. The van der Waals surface area contributed by atoms with Gasteiger partial charge in [0.15, 0.2) is 0 Å². The number of benzene rings is 1. The molecule has 0 saturated carbocycles. The average Bonchev–Trinajstić information content (AvgIpc) is 2.91. The zero-order valence-corrected chi connectivity index (χ0v) is 11.7. The van der Waals surface area contributed by atoms with Crippen molar-refractivity contribution in [3.8, 4) is 0 Å². The van der Waals surface area contributed by atoms with Crippen molar-refractivity contribution >= 4 is 28.9 Å². The second-order valence-electron chi connectivity index (χ2n) is 4.63. The molecule has 1 aliphatic carbocycles. The van der Waals surface area contributed by atoms with E-state index in [4.69, 9.17) is 9.47 Å². The fourth-order valence-corrected chi connectivity index (χ4v) is 2.61. The summed E-state index contributed by atoms with van der Waals surface area (Å²) in [6, 6.07) is 7.51. The van der Waals surface area contributed by atoms with E-state index in [1.54, 1.807) is 6.08 Å². The maximum atomic E-state index is 12.2. The van der Waals surface area contributed by atoms with Crippen LogP contribution in [0.3, 0.4) is 0 Å². The summed E-state index contributed by atoms with van der Waals surface area (Å²) in [7, 11) is 2.58. The van der Waals surface area contributed by atoms with E-state index in [1.165, 1.54) is 14.2 Å². The van der Waals surface area contributed by atoms with E-state index in [2.05, 4.69) is 4.99 Å². The minimum Gasteiger partial charge on any atom is -0.465 e. The molecule has 0 saturated heterocycles. The van der Waals surface area contributed by atoms with Gasteiger partial charge in [0.1, 0.15) is 0 Å². The van der Waals surface area contributed by atoms with Gasteiger partial charge in [-0.05, 0) is 6.07 Å². The van der Waals surface area contributed by atoms with Crippen LogP contribution in [0.2, 0.25) is 0 Å². The fraction of sp³-hybridized carbons (Fsp3) is 0.188. The number of para-hydroxylation sites is 1. The Balaban J connectivity index is 2.25. The first-order valence-corrected chi connectivity index (χ1v) is 6.46. The minimum atomic E-state index is -0.564. The zero-order chi connectivity index (χ0) is 15.0. The van der Waals surface area contributed by atoms with Crippen molar-refractivity contribution in [1.29, 1.82) is 0 Å². The van der Waals surface area contributed by atoms with Crippen LogP contribution < -0.4 is 0 Å². The molecule has 0 unspecified atom stereocenters. The van der Waals surface area contributed by atoms with E-state index in [1.807, 2.05) is 24.3 Å². The van der Waals surface area contributed by atoms with Gasteiger partial charge in [-0.15, -0.1) is 0 Å². The first-order valence-electron chi connectivity index (χ1n) is 6.46. The number of aliphatic imine (C=N–C) groups is 1. The number of methoxy groups -OCH3 is 2. The van der Waals surface area contributed by atoms with Crippen LogP contribution in [0, 0.1) is 0 Å². The van der Waals surface area contributed by atoms with Crippen LogP contribution in [0.4, 0.5) is 5.69 Å². The third-order valence-electron chi connectivity index (χ3n) is 3.53. The van der Waals surface area contributed by atoms with Gasteiger partial charge in [0.2, 0.25) is 0 Å². The molecule has 0 atom stereocenters. The molecule has 0 N–H and O–H groups in total.